The van der Waals surface area contributed by atoms with Gasteiger partial charge in [-0.25, -0.2) is 0 Å². The Labute approximate surface area is 176 Å². The first-order chi connectivity index (χ1) is 14.2. The van der Waals surface area contributed by atoms with E-state index in [1.54, 1.807) is 6.08 Å². The summed E-state index contributed by atoms with van der Waals surface area (Å²) in [6.07, 6.45) is 5.70. The van der Waals surface area contributed by atoms with Crippen LogP contribution in [0.3, 0.4) is 0 Å². The summed E-state index contributed by atoms with van der Waals surface area (Å²) in [4.78, 5) is 19.8. The summed E-state index contributed by atoms with van der Waals surface area (Å²) in [5.41, 5.74) is 5.67. The summed E-state index contributed by atoms with van der Waals surface area (Å²) in [6.45, 7) is 0. The van der Waals surface area contributed by atoms with Crippen LogP contribution < -0.4 is 0 Å². The second kappa shape index (κ2) is 7.22. The molecule has 0 fully saturated rings. The van der Waals surface area contributed by atoms with Crippen molar-refractivity contribution < 1.29 is 4.79 Å². The number of carbonyl (C=O) groups is 1. The van der Waals surface area contributed by atoms with Gasteiger partial charge in [0.25, 0.3) is 0 Å². The van der Waals surface area contributed by atoms with Crippen molar-refractivity contribution in [1.82, 2.24) is 9.97 Å². The lowest BCUT2D eigenvalue weighted by atomic mass is 9.94. The molecule has 2 N–H and O–H groups in total. The van der Waals surface area contributed by atoms with Gasteiger partial charge >= 0.3 is 0 Å². The number of aromatic nitrogens is 2. The molecule has 0 aliphatic heterocycles. The van der Waals surface area contributed by atoms with Crippen LogP contribution in [0.2, 0.25) is 0 Å². The number of hydrogen-bond acceptors (Lipinski definition) is 1. The van der Waals surface area contributed by atoms with Gasteiger partial charge in [0.15, 0.2) is 5.78 Å². The quantitative estimate of drug-likeness (QED) is 0.236. The second-order valence-electron chi connectivity index (χ2n) is 6.93. The molecule has 0 amide bonds. The molecule has 0 aliphatic carbocycles. The summed E-state index contributed by atoms with van der Waals surface area (Å²) < 4.78 is 0.950. The minimum absolute atomic E-state index is 0.0249. The van der Waals surface area contributed by atoms with E-state index in [4.69, 9.17) is 0 Å². The van der Waals surface area contributed by atoms with Gasteiger partial charge in [0.2, 0.25) is 0 Å². The third-order valence-electron chi connectivity index (χ3n) is 5.16. The molecule has 0 unspecified atom stereocenters. The number of para-hydroxylation sites is 2. The lowest BCUT2D eigenvalue weighted by Gasteiger charge is -2.07. The number of hydrogen-bond donors (Lipinski definition) is 2. The first-order valence-electron chi connectivity index (χ1n) is 9.35. The van der Waals surface area contributed by atoms with Crippen molar-refractivity contribution in [3.05, 3.63) is 112 Å². The number of nitrogens with one attached hydrogen (secondary N) is 2. The first-order valence-corrected chi connectivity index (χ1v) is 10.1. The molecule has 0 atom stereocenters. The highest BCUT2D eigenvalue weighted by Crippen LogP contribution is 2.34. The highest BCUT2D eigenvalue weighted by Gasteiger charge is 2.16. The number of H-pyrrole nitrogens is 2. The summed E-state index contributed by atoms with van der Waals surface area (Å²) >= 11 is 3.43. The van der Waals surface area contributed by atoms with Crippen molar-refractivity contribution in [1.29, 1.82) is 0 Å². The molecule has 4 heteroatoms. The van der Waals surface area contributed by atoms with Crippen LogP contribution in [0, 0.1) is 0 Å². The summed E-state index contributed by atoms with van der Waals surface area (Å²) in [5.74, 6) is -0.0249. The normalized spacial score (nSPS) is 11.1. The average Bonchev–Trinajstić information content (AvgIpc) is 3.37. The Morgan fingerprint density at radius 2 is 1.24 bits per heavy atom. The van der Waals surface area contributed by atoms with E-state index in [2.05, 4.69) is 38.0 Å². The average molecular weight is 441 g/mol. The number of benzene rings is 3. The van der Waals surface area contributed by atoms with Gasteiger partial charge in [0, 0.05) is 55.4 Å². The maximum absolute atomic E-state index is 13.1. The Bertz CT molecular complexity index is 1300. The number of halogens is 1. The number of fused-ring (bicyclic) bond motifs is 2. The molecule has 0 spiro atoms. The van der Waals surface area contributed by atoms with Gasteiger partial charge in [-0.1, -0.05) is 52.3 Å². The van der Waals surface area contributed by atoms with Crippen molar-refractivity contribution >= 4 is 49.1 Å². The third-order valence-corrected chi connectivity index (χ3v) is 5.69. The molecule has 0 radical (unpaired) electrons. The SMILES string of the molecule is O=C(C=C(c1c[nH]c2ccccc12)c1c[nH]c2ccccc12)c1ccc(Br)cc1. The molecule has 140 valence electrons. The molecule has 29 heavy (non-hydrogen) atoms. The van der Waals surface area contributed by atoms with Crippen molar-refractivity contribution in [3.63, 3.8) is 0 Å². The van der Waals surface area contributed by atoms with Crippen LogP contribution in [0.4, 0.5) is 0 Å². The van der Waals surface area contributed by atoms with E-state index in [0.717, 1.165) is 43.0 Å². The van der Waals surface area contributed by atoms with E-state index >= 15 is 0 Å². The molecule has 2 heterocycles. The molecule has 5 rings (SSSR count). The van der Waals surface area contributed by atoms with E-state index in [9.17, 15) is 4.79 Å². The number of allylic oxidation sites excluding steroid dienone is 1. The van der Waals surface area contributed by atoms with Crippen LogP contribution in [0.5, 0.6) is 0 Å². The van der Waals surface area contributed by atoms with Gasteiger partial charge in [-0.3, -0.25) is 4.79 Å². The van der Waals surface area contributed by atoms with Crippen molar-refractivity contribution in [3.8, 4) is 0 Å². The molecule has 2 aromatic heterocycles. The highest BCUT2D eigenvalue weighted by atomic mass is 79.9. The molecule has 0 aliphatic rings. The minimum atomic E-state index is -0.0249. The third kappa shape index (κ3) is 3.22. The number of aromatic amines is 2. The monoisotopic (exact) mass is 440 g/mol. The minimum Gasteiger partial charge on any atom is -0.361 e. The fourth-order valence-corrected chi connectivity index (χ4v) is 3.98. The Morgan fingerprint density at radius 3 is 1.79 bits per heavy atom. The molecule has 0 saturated heterocycles. The van der Waals surface area contributed by atoms with E-state index < -0.39 is 0 Å². The number of ketones is 1. The molecular weight excluding hydrogens is 424 g/mol. The van der Waals surface area contributed by atoms with Gasteiger partial charge in [-0.15, -0.1) is 0 Å². The molecule has 3 nitrogen and oxygen atoms in total. The fourth-order valence-electron chi connectivity index (χ4n) is 3.72. The van der Waals surface area contributed by atoms with Crippen LogP contribution in [-0.2, 0) is 0 Å². The zero-order valence-electron chi connectivity index (χ0n) is 15.4. The van der Waals surface area contributed by atoms with Gasteiger partial charge in [0.1, 0.15) is 0 Å². The predicted molar refractivity (Wildman–Crippen MR) is 122 cm³/mol. The predicted octanol–water partition coefficient (Wildman–Crippen LogP) is 6.73. The Hall–Kier alpha value is -3.37. The zero-order valence-corrected chi connectivity index (χ0v) is 17.0. The van der Waals surface area contributed by atoms with Gasteiger partial charge in [0.05, 0.1) is 0 Å². The van der Waals surface area contributed by atoms with E-state index in [1.165, 1.54) is 0 Å². The summed E-state index contributed by atoms with van der Waals surface area (Å²) in [6, 6.07) is 23.7. The van der Waals surface area contributed by atoms with Crippen LogP contribution in [0.25, 0.3) is 27.4 Å². The van der Waals surface area contributed by atoms with Gasteiger partial charge in [-0.05, 0) is 48.0 Å². The lowest BCUT2D eigenvalue weighted by Crippen LogP contribution is -1.97. The number of carbonyl (C=O) groups excluding carboxylic acids is 1. The Morgan fingerprint density at radius 1 is 0.724 bits per heavy atom. The van der Waals surface area contributed by atoms with E-state index in [-0.39, 0.29) is 5.78 Å². The smallest absolute Gasteiger partial charge is 0.186 e. The second-order valence-corrected chi connectivity index (χ2v) is 7.84. The molecule has 3 aromatic carbocycles. The van der Waals surface area contributed by atoms with Crippen molar-refractivity contribution in [2.45, 2.75) is 0 Å². The topological polar surface area (TPSA) is 48.6 Å². The maximum atomic E-state index is 13.1. The largest absolute Gasteiger partial charge is 0.361 e. The number of rotatable bonds is 4. The van der Waals surface area contributed by atoms with Crippen molar-refractivity contribution in [2.75, 3.05) is 0 Å². The van der Waals surface area contributed by atoms with Crippen LogP contribution in [0.15, 0.2) is 95.7 Å². The summed E-state index contributed by atoms with van der Waals surface area (Å²) in [5, 5.41) is 2.18. The first kappa shape index (κ1) is 17.7. The lowest BCUT2D eigenvalue weighted by molar-refractivity contribution is 0.104. The van der Waals surface area contributed by atoms with E-state index in [0.29, 0.717) is 5.56 Å². The van der Waals surface area contributed by atoms with Gasteiger partial charge < -0.3 is 9.97 Å². The Balaban J connectivity index is 1.73. The fraction of sp³-hybridized carbons (Fsp3) is 0. The Kier molecular flexibility index (Phi) is 4.41. The molecule has 0 saturated carbocycles. The maximum Gasteiger partial charge on any atom is 0.186 e. The molecule has 0 bridgehead atoms. The van der Waals surface area contributed by atoms with E-state index in [1.807, 2.05) is 73.1 Å². The van der Waals surface area contributed by atoms with Crippen molar-refractivity contribution in [2.24, 2.45) is 0 Å². The van der Waals surface area contributed by atoms with Crippen LogP contribution in [0.1, 0.15) is 21.5 Å². The summed E-state index contributed by atoms with van der Waals surface area (Å²) in [7, 11) is 0. The van der Waals surface area contributed by atoms with Crippen LogP contribution in [-0.4, -0.2) is 15.8 Å². The molecule has 5 aromatic rings. The zero-order chi connectivity index (χ0) is 19.8. The standard InChI is InChI=1S/C25H17BrN2O/c26-17-11-9-16(10-12-17)25(29)13-20(21-14-27-23-7-3-1-5-18(21)23)22-15-28-24-8-4-2-6-19(22)24/h1-15,27-28H. The highest BCUT2D eigenvalue weighted by molar-refractivity contribution is 9.10. The van der Waals surface area contributed by atoms with Gasteiger partial charge in [-0.2, -0.15) is 0 Å². The van der Waals surface area contributed by atoms with Crippen LogP contribution >= 0.6 is 15.9 Å². The molecular formula is C25H17BrN2O.